The maximum Gasteiger partial charge on any atom is 0.314 e. The number of aromatic nitrogens is 2. The van der Waals surface area contributed by atoms with Gasteiger partial charge in [-0.3, -0.25) is 14.4 Å². The predicted molar refractivity (Wildman–Crippen MR) is 67.7 cm³/mol. The van der Waals surface area contributed by atoms with Crippen LogP contribution in [-0.2, 0) is 4.79 Å². The highest BCUT2D eigenvalue weighted by Crippen LogP contribution is 2.13. The molecule has 0 bridgehead atoms. The summed E-state index contributed by atoms with van der Waals surface area (Å²) in [7, 11) is 1.67. The SMILES string of the molecule is CNCC(=O)Nc1ccc2[nH]c(=O)c(=O)[nH]c2c1. The second-order valence-electron chi connectivity index (χ2n) is 3.75. The number of anilines is 1. The Bertz CT molecular complexity index is 701. The van der Waals surface area contributed by atoms with Gasteiger partial charge in [0.1, 0.15) is 0 Å². The third-order valence-electron chi connectivity index (χ3n) is 2.34. The molecule has 0 aliphatic carbocycles. The van der Waals surface area contributed by atoms with Gasteiger partial charge in [-0.25, -0.2) is 0 Å². The molecule has 0 radical (unpaired) electrons. The highest BCUT2D eigenvalue weighted by Gasteiger charge is 2.03. The van der Waals surface area contributed by atoms with Gasteiger partial charge in [-0.1, -0.05) is 0 Å². The number of carbonyl (C=O) groups is 1. The summed E-state index contributed by atoms with van der Waals surface area (Å²) in [4.78, 5) is 38.5. The van der Waals surface area contributed by atoms with Crippen molar-refractivity contribution in [1.82, 2.24) is 15.3 Å². The summed E-state index contributed by atoms with van der Waals surface area (Å²) < 4.78 is 0. The van der Waals surface area contributed by atoms with E-state index in [0.29, 0.717) is 16.7 Å². The smallest absolute Gasteiger partial charge is 0.314 e. The number of aromatic amines is 2. The lowest BCUT2D eigenvalue weighted by atomic mass is 10.2. The van der Waals surface area contributed by atoms with Crippen molar-refractivity contribution in [2.24, 2.45) is 0 Å². The molecule has 0 atom stereocenters. The fourth-order valence-corrected chi connectivity index (χ4v) is 1.56. The Morgan fingerprint density at radius 2 is 1.83 bits per heavy atom. The minimum Gasteiger partial charge on any atom is -0.325 e. The van der Waals surface area contributed by atoms with Crippen molar-refractivity contribution in [2.75, 3.05) is 18.9 Å². The summed E-state index contributed by atoms with van der Waals surface area (Å²) >= 11 is 0. The second-order valence-corrected chi connectivity index (χ2v) is 3.75. The Morgan fingerprint density at radius 3 is 2.50 bits per heavy atom. The zero-order chi connectivity index (χ0) is 13.1. The molecule has 1 aromatic carbocycles. The van der Waals surface area contributed by atoms with Gasteiger partial charge >= 0.3 is 11.1 Å². The number of amides is 1. The van der Waals surface area contributed by atoms with Gasteiger partial charge in [-0.2, -0.15) is 0 Å². The van der Waals surface area contributed by atoms with E-state index < -0.39 is 11.1 Å². The molecular weight excluding hydrogens is 236 g/mol. The molecule has 7 nitrogen and oxygen atoms in total. The fourth-order valence-electron chi connectivity index (χ4n) is 1.56. The zero-order valence-corrected chi connectivity index (χ0v) is 9.66. The van der Waals surface area contributed by atoms with Crippen molar-refractivity contribution in [3.05, 3.63) is 38.9 Å². The van der Waals surface area contributed by atoms with E-state index in [1.807, 2.05) is 0 Å². The Kier molecular flexibility index (Phi) is 3.24. The molecule has 7 heteroatoms. The fraction of sp³-hybridized carbons (Fsp3) is 0.182. The molecule has 1 amide bonds. The number of hydrogen-bond acceptors (Lipinski definition) is 4. The second kappa shape index (κ2) is 4.84. The lowest BCUT2D eigenvalue weighted by molar-refractivity contribution is -0.115. The van der Waals surface area contributed by atoms with Crippen molar-refractivity contribution in [2.45, 2.75) is 0 Å². The molecule has 94 valence electrons. The van der Waals surface area contributed by atoms with Gasteiger partial charge in [0.05, 0.1) is 17.6 Å². The maximum absolute atomic E-state index is 11.4. The average molecular weight is 248 g/mol. The van der Waals surface area contributed by atoms with E-state index in [9.17, 15) is 14.4 Å². The quantitative estimate of drug-likeness (QED) is 0.543. The molecule has 1 heterocycles. The summed E-state index contributed by atoms with van der Waals surface area (Å²) in [5.41, 5.74) is 0.0918. The molecule has 0 unspecified atom stereocenters. The van der Waals surface area contributed by atoms with Crippen molar-refractivity contribution in [3.8, 4) is 0 Å². The molecule has 0 saturated heterocycles. The van der Waals surface area contributed by atoms with Gasteiger partial charge in [0, 0.05) is 5.69 Å². The van der Waals surface area contributed by atoms with Gasteiger partial charge < -0.3 is 20.6 Å². The van der Waals surface area contributed by atoms with Crippen molar-refractivity contribution in [1.29, 1.82) is 0 Å². The minimum atomic E-state index is -0.721. The zero-order valence-electron chi connectivity index (χ0n) is 9.66. The van der Waals surface area contributed by atoms with E-state index in [1.54, 1.807) is 25.2 Å². The van der Waals surface area contributed by atoms with Crippen LogP contribution in [-0.4, -0.2) is 29.5 Å². The molecule has 0 fully saturated rings. The van der Waals surface area contributed by atoms with Crippen LogP contribution in [0.1, 0.15) is 0 Å². The van der Waals surface area contributed by atoms with E-state index in [2.05, 4.69) is 20.6 Å². The van der Waals surface area contributed by atoms with Gasteiger partial charge in [0.2, 0.25) is 5.91 Å². The predicted octanol–water partition coefficient (Wildman–Crippen LogP) is -0.626. The van der Waals surface area contributed by atoms with E-state index in [4.69, 9.17) is 0 Å². The topological polar surface area (TPSA) is 107 Å². The highest BCUT2D eigenvalue weighted by molar-refractivity contribution is 5.94. The van der Waals surface area contributed by atoms with Crippen LogP contribution in [0.4, 0.5) is 5.69 Å². The number of likely N-dealkylation sites (N-methyl/N-ethyl adjacent to an activating group) is 1. The third kappa shape index (κ3) is 2.46. The Balaban J connectivity index is 2.38. The van der Waals surface area contributed by atoms with Gasteiger partial charge in [-0.15, -0.1) is 0 Å². The van der Waals surface area contributed by atoms with Crippen LogP contribution < -0.4 is 21.8 Å². The third-order valence-corrected chi connectivity index (χ3v) is 2.34. The first-order valence-electron chi connectivity index (χ1n) is 5.31. The van der Waals surface area contributed by atoms with Gasteiger partial charge in [-0.05, 0) is 25.2 Å². The molecule has 0 aliphatic rings. The first-order chi connectivity index (χ1) is 8.60. The molecule has 2 rings (SSSR count). The maximum atomic E-state index is 11.4. The van der Waals surface area contributed by atoms with E-state index >= 15 is 0 Å². The summed E-state index contributed by atoms with van der Waals surface area (Å²) in [5, 5.41) is 5.38. The molecular formula is C11H12N4O3. The first-order valence-corrected chi connectivity index (χ1v) is 5.31. The molecule has 18 heavy (non-hydrogen) atoms. The van der Waals surface area contributed by atoms with Crippen LogP contribution in [0, 0.1) is 0 Å². The number of hydrogen-bond donors (Lipinski definition) is 4. The summed E-state index contributed by atoms with van der Waals surface area (Å²) in [5.74, 6) is -0.191. The molecule has 1 aromatic heterocycles. The summed E-state index contributed by atoms with van der Waals surface area (Å²) in [6.45, 7) is 0.195. The van der Waals surface area contributed by atoms with Crippen LogP contribution in [0.3, 0.4) is 0 Å². The van der Waals surface area contributed by atoms with E-state index in [0.717, 1.165) is 0 Å². The monoisotopic (exact) mass is 248 g/mol. The Hall–Kier alpha value is -2.41. The molecule has 4 N–H and O–H groups in total. The number of rotatable bonds is 3. The molecule has 0 saturated carbocycles. The Labute approximate surface area is 101 Å². The van der Waals surface area contributed by atoms with E-state index in [1.165, 1.54) is 0 Å². The number of H-pyrrole nitrogens is 2. The average Bonchev–Trinajstić information content (AvgIpc) is 2.31. The minimum absolute atomic E-state index is 0.191. The number of fused-ring (bicyclic) bond motifs is 1. The van der Waals surface area contributed by atoms with Gasteiger partial charge in [0.15, 0.2) is 0 Å². The van der Waals surface area contributed by atoms with Crippen LogP contribution in [0.2, 0.25) is 0 Å². The van der Waals surface area contributed by atoms with Crippen LogP contribution in [0.5, 0.6) is 0 Å². The van der Waals surface area contributed by atoms with Crippen molar-refractivity contribution >= 4 is 22.6 Å². The number of benzene rings is 1. The lowest BCUT2D eigenvalue weighted by Crippen LogP contribution is -2.29. The number of nitrogens with one attached hydrogen (secondary N) is 4. The summed E-state index contributed by atoms with van der Waals surface area (Å²) in [6, 6.07) is 4.84. The van der Waals surface area contributed by atoms with Crippen molar-refractivity contribution < 1.29 is 4.79 Å². The normalized spacial score (nSPS) is 10.5. The number of carbonyl (C=O) groups excluding carboxylic acids is 1. The van der Waals surface area contributed by atoms with Crippen molar-refractivity contribution in [3.63, 3.8) is 0 Å². The highest BCUT2D eigenvalue weighted by atomic mass is 16.2. The van der Waals surface area contributed by atoms with Crippen LogP contribution in [0.25, 0.3) is 11.0 Å². The molecule has 0 spiro atoms. The van der Waals surface area contributed by atoms with Gasteiger partial charge in [0.25, 0.3) is 0 Å². The standard InChI is InChI=1S/C11H12N4O3/c1-12-5-9(16)13-6-2-3-7-8(4-6)15-11(18)10(17)14-7/h2-4,12H,5H2,1H3,(H,13,16)(H,14,17)(H,15,18). The van der Waals surface area contributed by atoms with E-state index in [-0.39, 0.29) is 12.5 Å². The van der Waals surface area contributed by atoms with Crippen LogP contribution >= 0.6 is 0 Å². The van der Waals surface area contributed by atoms with Crippen LogP contribution in [0.15, 0.2) is 27.8 Å². The molecule has 0 aliphatic heterocycles. The lowest BCUT2D eigenvalue weighted by Gasteiger charge is -2.05. The summed E-state index contributed by atoms with van der Waals surface area (Å²) in [6.07, 6.45) is 0. The molecule has 2 aromatic rings. The largest absolute Gasteiger partial charge is 0.325 e. The first kappa shape index (κ1) is 12.1. The Morgan fingerprint density at radius 1 is 1.17 bits per heavy atom.